The smallest absolute Gasteiger partial charge is 0.120 e. The van der Waals surface area contributed by atoms with E-state index in [1.54, 1.807) is 7.11 Å². The zero-order valence-corrected chi connectivity index (χ0v) is 68.5. The summed E-state index contributed by atoms with van der Waals surface area (Å²) < 4.78 is 6.11. The van der Waals surface area contributed by atoms with Crippen molar-refractivity contribution in [2.75, 3.05) is 7.11 Å². The van der Waals surface area contributed by atoms with Crippen molar-refractivity contribution in [3.8, 4) is 118 Å². The second-order valence-electron chi connectivity index (χ2n) is 32.0. The highest BCUT2D eigenvalue weighted by atomic mass is 31.1. The van der Waals surface area contributed by atoms with Crippen molar-refractivity contribution in [2.45, 2.75) is 67.0 Å². The van der Waals surface area contributed by atoms with Crippen LogP contribution in [0.3, 0.4) is 0 Å². The molecule has 0 aliphatic carbocycles. The highest BCUT2D eigenvalue weighted by Gasteiger charge is 2.34. The van der Waals surface area contributed by atoms with E-state index < -0.39 is 24.1 Å². The average molecular weight is 1510 g/mol. The number of nitrogens with zero attached hydrogens (tertiary/aromatic N) is 6. The number of ether oxygens (including phenoxy) is 1. The maximum Gasteiger partial charge on any atom is 0.120 e. The minimum atomic E-state index is -1.76. The van der Waals surface area contributed by atoms with E-state index in [9.17, 15) is 0 Å². The van der Waals surface area contributed by atoms with Crippen LogP contribution in [0.4, 0.5) is 0 Å². The monoisotopic (exact) mass is 1510 g/mol. The first-order chi connectivity index (χ1) is 54.9. The molecule has 0 atom stereocenters. The number of hydrogen-bond acceptors (Lipinski definition) is 7. The molecule has 0 spiro atoms. The lowest BCUT2D eigenvalue weighted by Gasteiger charge is -2.24. The van der Waals surface area contributed by atoms with Crippen molar-refractivity contribution in [1.82, 2.24) is 29.9 Å². The van der Waals surface area contributed by atoms with E-state index in [0.29, 0.717) is 39.5 Å². The number of hydrogen-bond donors (Lipinski definition) is 0. The molecule has 0 unspecified atom stereocenters. The molecule has 3 aromatic heterocycles. The first kappa shape index (κ1) is 72.1. The van der Waals surface area contributed by atoms with Gasteiger partial charge in [0.25, 0.3) is 0 Å². The van der Waals surface area contributed by atoms with Gasteiger partial charge < -0.3 is 4.74 Å². The molecule has 3 heterocycles. The second-order valence-corrected chi connectivity index (χ2v) is 44.3. The van der Waals surface area contributed by atoms with Gasteiger partial charge in [0.2, 0.25) is 0 Å². The average Bonchev–Trinajstić information content (AvgIpc) is 0.711. The van der Waals surface area contributed by atoms with Gasteiger partial charge in [-0.2, -0.15) is 0 Å². The zero-order valence-electron chi connectivity index (χ0n) is 65.6. The second kappa shape index (κ2) is 29.3. The quantitative estimate of drug-likeness (QED) is 0.0704. The van der Waals surface area contributed by atoms with Gasteiger partial charge in [-0.3, -0.25) is 0 Å². The molecule has 0 saturated carbocycles. The van der Waals surface area contributed by atoms with Crippen LogP contribution in [0.5, 0.6) is 5.75 Å². The molecule has 113 heavy (non-hydrogen) atoms. The third-order valence-corrected chi connectivity index (χ3v) is 28.8. The molecule has 0 fully saturated rings. The Morgan fingerprint density at radius 1 is 0.257 bits per heavy atom. The summed E-state index contributed by atoms with van der Waals surface area (Å²) in [6.45, 7) is 23.0. The highest BCUT2D eigenvalue weighted by molar-refractivity contribution is 7.79. The molecule has 0 bridgehead atoms. The first-order valence-corrected chi connectivity index (χ1v) is 47.3. The van der Waals surface area contributed by atoms with Crippen molar-refractivity contribution in [3.63, 3.8) is 0 Å². The number of aromatic nitrogens is 6. The standard InChI is InChI=1S/C103H85N6OPSi2/c1-64-29-37-70(38-30-64)82-57-58-83(71-39-31-65(2)32-40-71)95-94(82)106-100(101(107-95)102-103(111(77-23-14-12-15-24-77)78-25-16-13-17-26-78)109-97-87(73-43-35-67(4)36-44-73)62-61-84(96(97)108-102)72-41-33-66(3)34-42-72)99-98(89-56-50-68-21-18-19-27-81(68)91(89)88-28-20-22-69-45-51-76(110-5)63-90(69)88)104-92-85(74-46-52-79(53-47-74)112(6,7)8)59-60-86(93(92)105-99)75-48-54-80(55-49-75)113(9,10)11/h12-63H,1-11H3. The Morgan fingerprint density at radius 2 is 0.575 bits per heavy atom. The number of methoxy groups -OCH3 is 1. The molecule has 0 aliphatic heterocycles. The Balaban J connectivity index is 1.09. The van der Waals surface area contributed by atoms with Crippen LogP contribution in [0.1, 0.15) is 22.3 Å². The molecule has 10 heteroatoms. The molecule has 15 aromatic carbocycles. The van der Waals surface area contributed by atoms with Gasteiger partial charge in [-0.25, -0.2) is 29.9 Å². The van der Waals surface area contributed by atoms with Gasteiger partial charge in [0.15, 0.2) is 0 Å². The molecule has 18 aromatic rings. The molecule has 18 rings (SSSR count). The minimum absolute atomic E-state index is 0.498. The lowest BCUT2D eigenvalue weighted by atomic mass is 9.87. The normalized spacial score (nSPS) is 11.9. The van der Waals surface area contributed by atoms with Crippen molar-refractivity contribution in [1.29, 1.82) is 0 Å². The Labute approximate surface area is 664 Å². The van der Waals surface area contributed by atoms with E-state index in [1.807, 2.05) is 6.07 Å². The van der Waals surface area contributed by atoms with Gasteiger partial charge in [-0.15, -0.1) is 0 Å². The predicted molar refractivity (Wildman–Crippen MR) is 485 cm³/mol. The summed E-state index contributed by atoms with van der Waals surface area (Å²) in [7, 11) is -3.32. The van der Waals surface area contributed by atoms with Gasteiger partial charge in [0.05, 0.1) is 62.1 Å². The van der Waals surface area contributed by atoms with Crippen LogP contribution >= 0.6 is 7.92 Å². The fraction of sp³-hybridized carbons (Fsp3) is 0.107. The molecule has 0 saturated heterocycles. The lowest BCUT2D eigenvalue weighted by Crippen LogP contribution is -2.37. The Hall–Kier alpha value is -12.5. The fourth-order valence-electron chi connectivity index (χ4n) is 15.9. The van der Waals surface area contributed by atoms with Crippen LogP contribution in [-0.2, 0) is 0 Å². The fourth-order valence-corrected chi connectivity index (χ4v) is 20.6. The molecule has 0 N–H and O–H groups in total. The van der Waals surface area contributed by atoms with Gasteiger partial charge in [0.1, 0.15) is 34.0 Å². The summed E-state index contributed by atoms with van der Waals surface area (Å²) in [5, 5.41) is 9.17. The summed E-state index contributed by atoms with van der Waals surface area (Å²) in [5.74, 6) is 0.758. The van der Waals surface area contributed by atoms with Gasteiger partial charge in [0, 0.05) is 46.9 Å². The van der Waals surface area contributed by atoms with E-state index in [-0.39, 0.29) is 0 Å². The van der Waals surface area contributed by atoms with Gasteiger partial charge in [-0.05, 0) is 116 Å². The summed E-state index contributed by atoms with van der Waals surface area (Å²) in [4.78, 5) is 38.6. The van der Waals surface area contributed by atoms with Crippen LogP contribution < -0.4 is 31.2 Å². The van der Waals surface area contributed by atoms with Crippen LogP contribution in [0.2, 0.25) is 39.3 Å². The van der Waals surface area contributed by atoms with E-state index >= 15 is 0 Å². The van der Waals surface area contributed by atoms with Crippen molar-refractivity contribution >= 4 is 105 Å². The van der Waals surface area contributed by atoms with Gasteiger partial charge >= 0.3 is 0 Å². The SMILES string of the molecule is COc1ccc2cccc(-c3c(-c4nc5c(-c6ccc([Si](C)(C)C)cc6)ccc(-c6ccc([Si](C)(C)C)cc6)c5nc4-c4nc5c(-c6ccc(C)cc6)ccc(-c6ccc(C)cc6)c5nc4-c4nc5c(-c6ccc(C)cc6)ccc(-c6ccc(C)cc6)c5nc4P(c4ccccc4)c4ccccc4)ccc4ccccc34)c2c1. The van der Waals surface area contributed by atoms with E-state index in [0.717, 1.165) is 166 Å². The molecule has 0 radical (unpaired) electrons. The van der Waals surface area contributed by atoms with E-state index in [1.165, 1.54) is 15.9 Å². The van der Waals surface area contributed by atoms with E-state index in [2.05, 4.69) is 376 Å². The Morgan fingerprint density at radius 3 is 0.982 bits per heavy atom. The minimum Gasteiger partial charge on any atom is -0.497 e. The number of fused-ring (bicyclic) bond motifs is 5. The predicted octanol–water partition coefficient (Wildman–Crippen LogP) is 24.6. The summed E-state index contributed by atoms with van der Waals surface area (Å²) >= 11 is 0. The van der Waals surface area contributed by atoms with E-state index in [4.69, 9.17) is 34.6 Å². The van der Waals surface area contributed by atoms with Crippen molar-refractivity contribution in [2.24, 2.45) is 0 Å². The van der Waals surface area contributed by atoms with Crippen LogP contribution in [0.25, 0.3) is 167 Å². The molecular formula is C103H85N6OPSi2. The zero-order chi connectivity index (χ0) is 77.4. The van der Waals surface area contributed by atoms with Crippen LogP contribution in [0, 0.1) is 27.7 Å². The van der Waals surface area contributed by atoms with Crippen molar-refractivity contribution < 1.29 is 4.74 Å². The molecule has 7 nitrogen and oxygen atoms in total. The molecule has 0 amide bonds. The largest absolute Gasteiger partial charge is 0.497 e. The first-order valence-electron chi connectivity index (χ1n) is 38.9. The van der Waals surface area contributed by atoms with Crippen LogP contribution in [-0.4, -0.2) is 53.2 Å². The lowest BCUT2D eigenvalue weighted by molar-refractivity contribution is 0.415. The van der Waals surface area contributed by atoms with Gasteiger partial charge in [-0.1, -0.05) is 375 Å². The number of benzene rings is 15. The summed E-state index contributed by atoms with van der Waals surface area (Å²) in [5.41, 5.74) is 27.1. The third-order valence-electron chi connectivity index (χ3n) is 22.3. The Kier molecular flexibility index (Phi) is 18.7. The van der Waals surface area contributed by atoms with Crippen molar-refractivity contribution in [3.05, 3.63) is 338 Å². The highest BCUT2D eigenvalue weighted by Crippen LogP contribution is 2.50. The Bertz CT molecular complexity index is 6690. The maximum absolute atomic E-state index is 6.49. The molecular weight excluding hydrogens is 1420 g/mol. The number of aryl methyl sites for hydroxylation is 4. The third kappa shape index (κ3) is 13.6. The summed E-state index contributed by atoms with van der Waals surface area (Å²) in [6, 6.07) is 115. The maximum atomic E-state index is 6.49. The number of rotatable bonds is 16. The topological polar surface area (TPSA) is 86.6 Å². The summed E-state index contributed by atoms with van der Waals surface area (Å²) in [6.07, 6.45) is 0. The molecule has 546 valence electrons. The van der Waals surface area contributed by atoms with Crippen LogP contribution in [0.15, 0.2) is 315 Å². The molecule has 0 aliphatic rings.